The van der Waals surface area contributed by atoms with Crippen molar-refractivity contribution in [3.63, 3.8) is 0 Å². The van der Waals surface area contributed by atoms with E-state index >= 15 is 0 Å². The fraction of sp³-hybridized carbons (Fsp3) is 0.875. The summed E-state index contributed by atoms with van der Waals surface area (Å²) in [6.45, 7) is 1.90. The van der Waals surface area contributed by atoms with Gasteiger partial charge in [0.1, 0.15) is 6.61 Å². The van der Waals surface area contributed by atoms with Crippen molar-refractivity contribution in [1.82, 2.24) is 0 Å². The fourth-order valence-corrected chi connectivity index (χ4v) is 1.39. The molecule has 0 heterocycles. The summed E-state index contributed by atoms with van der Waals surface area (Å²) in [5.41, 5.74) is -0.0849. The third-order valence-corrected chi connectivity index (χ3v) is 2.41. The molecule has 1 rings (SSSR count). The van der Waals surface area contributed by atoms with Crippen molar-refractivity contribution in [2.75, 3.05) is 6.61 Å². The number of aliphatic carboxylic acids is 1. The average molecular weight is 158 g/mol. The van der Waals surface area contributed by atoms with E-state index in [1.165, 1.54) is 6.42 Å². The Morgan fingerprint density at radius 1 is 1.64 bits per heavy atom. The standard InChI is InChI=1S/C8H14O3/c1-2-8(4-3-5-8)11-6-7(9)10/h2-6H2,1H3,(H,9,10). The topological polar surface area (TPSA) is 46.5 Å². The van der Waals surface area contributed by atoms with E-state index in [0.29, 0.717) is 0 Å². The van der Waals surface area contributed by atoms with Crippen molar-refractivity contribution in [2.24, 2.45) is 0 Å². The number of ether oxygens (including phenoxy) is 1. The molecule has 64 valence electrons. The monoisotopic (exact) mass is 158 g/mol. The Morgan fingerprint density at radius 2 is 2.27 bits per heavy atom. The van der Waals surface area contributed by atoms with E-state index in [1.807, 2.05) is 6.92 Å². The summed E-state index contributed by atoms with van der Waals surface area (Å²) in [7, 11) is 0. The molecular weight excluding hydrogens is 144 g/mol. The van der Waals surface area contributed by atoms with E-state index in [-0.39, 0.29) is 12.2 Å². The van der Waals surface area contributed by atoms with Crippen molar-refractivity contribution in [2.45, 2.75) is 38.2 Å². The number of hydrogen-bond acceptors (Lipinski definition) is 2. The van der Waals surface area contributed by atoms with Gasteiger partial charge in [0.05, 0.1) is 5.60 Å². The van der Waals surface area contributed by atoms with Crippen LogP contribution in [-0.2, 0) is 9.53 Å². The molecule has 1 fully saturated rings. The molecule has 0 bridgehead atoms. The van der Waals surface area contributed by atoms with E-state index in [9.17, 15) is 4.79 Å². The van der Waals surface area contributed by atoms with Gasteiger partial charge in [0, 0.05) is 0 Å². The molecule has 0 saturated heterocycles. The van der Waals surface area contributed by atoms with Gasteiger partial charge in [-0.25, -0.2) is 4.79 Å². The molecule has 3 nitrogen and oxygen atoms in total. The first-order valence-corrected chi connectivity index (χ1v) is 4.04. The molecule has 1 N–H and O–H groups in total. The summed E-state index contributed by atoms with van der Waals surface area (Å²) in [5, 5.41) is 8.37. The third kappa shape index (κ3) is 1.93. The maximum Gasteiger partial charge on any atom is 0.329 e. The second-order valence-electron chi connectivity index (χ2n) is 3.07. The van der Waals surface area contributed by atoms with Crippen LogP contribution in [0.5, 0.6) is 0 Å². The first-order chi connectivity index (χ1) is 5.18. The second-order valence-corrected chi connectivity index (χ2v) is 3.07. The largest absolute Gasteiger partial charge is 0.480 e. The number of hydrogen-bond donors (Lipinski definition) is 1. The van der Waals surface area contributed by atoms with Gasteiger partial charge in [-0.3, -0.25) is 0 Å². The molecule has 0 aliphatic heterocycles. The van der Waals surface area contributed by atoms with Gasteiger partial charge in [0.25, 0.3) is 0 Å². The molecular formula is C8H14O3. The van der Waals surface area contributed by atoms with E-state index in [0.717, 1.165) is 19.3 Å². The van der Waals surface area contributed by atoms with Crippen molar-refractivity contribution >= 4 is 5.97 Å². The normalized spacial score (nSPS) is 20.8. The summed E-state index contributed by atoms with van der Waals surface area (Å²) in [4.78, 5) is 10.2. The maximum absolute atomic E-state index is 10.2. The van der Waals surface area contributed by atoms with Crippen LogP contribution in [0.4, 0.5) is 0 Å². The fourth-order valence-electron chi connectivity index (χ4n) is 1.39. The van der Waals surface area contributed by atoms with Crippen LogP contribution in [-0.4, -0.2) is 23.3 Å². The Balaban J connectivity index is 2.27. The van der Waals surface area contributed by atoms with Crippen molar-refractivity contribution in [3.8, 4) is 0 Å². The Hall–Kier alpha value is -0.570. The first-order valence-electron chi connectivity index (χ1n) is 4.04. The zero-order valence-electron chi connectivity index (χ0n) is 6.80. The van der Waals surface area contributed by atoms with Crippen LogP contribution in [0, 0.1) is 0 Å². The van der Waals surface area contributed by atoms with Crippen molar-refractivity contribution in [3.05, 3.63) is 0 Å². The van der Waals surface area contributed by atoms with Gasteiger partial charge in [0.15, 0.2) is 0 Å². The van der Waals surface area contributed by atoms with Crippen LogP contribution < -0.4 is 0 Å². The zero-order valence-corrected chi connectivity index (χ0v) is 6.80. The molecule has 0 radical (unpaired) electrons. The molecule has 0 aromatic carbocycles. The Labute approximate surface area is 66.4 Å². The lowest BCUT2D eigenvalue weighted by atomic mass is 9.78. The minimum atomic E-state index is -0.871. The summed E-state index contributed by atoms with van der Waals surface area (Å²) >= 11 is 0. The number of carboxylic acid groups (broad SMARTS) is 1. The van der Waals surface area contributed by atoms with Gasteiger partial charge < -0.3 is 9.84 Å². The third-order valence-electron chi connectivity index (χ3n) is 2.41. The molecule has 0 aromatic rings. The second kappa shape index (κ2) is 3.22. The summed E-state index contributed by atoms with van der Waals surface area (Å²) < 4.78 is 5.28. The lowest BCUT2D eigenvalue weighted by Crippen LogP contribution is -2.40. The molecule has 0 amide bonds. The number of carbonyl (C=O) groups is 1. The van der Waals surface area contributed by atoms with E-state index < -0.39 is 5.97 Å². The van der Waals surface area contributed by atoms with E-state index in [2.05, 4.69) is 0 Å². The predicted molar refractivity (Wildman–Crippen MR) is 40.5 cm³/mol. The summed E-state index contributed by atoms with van der Waals surface area (Å²) in [5.74, 6) is -0.871. The van der Waals surface area contributed by atoms with E-state index in [4.69, 9.17) is 9.84 Å². The lowest BCUT2D eigenvalue weighted by molar-refractivity contribution is -0.157. The molecule has 11 heavy (non-hydrogen) atoms. The average Bonchev–Trinajstić information content (AvgIpc) is 1.86. The van der Waals surface area contributed by atoms with Gasteiger partial charge in [-0.1, -0.05) is 6.92 Å². The minimum absolute atomic E-state index is 0.0849. The van der Waals surface area contributed by atoms with Crippen LogP contribution in [0.2, 0.25) is 0 Å². The highest BCUT2D eigenvalue weighted by Crippen LogP contribution is 2.38. The van der Waals surface area contributed by atoms with Gasteiger partial charge in [-0.05, 0) is 25.7 Å². The molecule has 0 unspecified atom stereocenters. The molecule has 0 atom stereocenters. The van der Waals surface area contributed by atoms with Crippen molar-refractivity contribution in [1.29, 1.82) is 0 Å². The van der Waals surface area contributed by atoms with Gasteiger partial charge in [0.2, 0.25) is 0 Å². The van der Waals surface area contributed by atoms with Crippen LogP contribution in [0.1, 0.15) is 32.6 Å². The molecule has 1 aliphatic rings. The molecule has 3 heteroatoms. The molecule has 0 spiro atoms. The van der Waals surface area contributed by atoms with E-state index in [1.54, 1.807) is 0 Å². The van der Waals surface area contributed by atoms with Gasteiger partial charge in [-0.15, -0.1) is 0 Å². The van der Waals surface area contributed by atoms with Crippen LogP contribution in [0.15, 0.2) is 0 Å². The Kier molecular flexibility index (Phi) is 2.49. The van der Waals surface area contributed by atoms with Crippen molar-refractivity contribution < 1.29 is 14.6 Å². The predicted octanol–water partition coefficient (Wildman–Crippen LogP) is 1.42. The minimum Gasteiger partial charge on any atom is -0.480 e. The van der Waals surface area contributed by atoms with Gasteiger partial charge in [-0.2, -0.15) is 0 Å². The highest BCUT2D eigenvalue weighted by atomic mass is 16.5. The SMILES string of the molecule is CCC1(OCC(=O)O)CCC1. The molecule has 1 aliphatic carbocycles. The van der Waals surface area contributed by atoms with Crippen LogP contribution in [0.25, 0.3) is 0 Å². The smallest absolute Gasteiger partial charge is 0.329 e. The number of carboxylic acids is 1. The highest BCUT2D eigenvalue weighted by molar-refractivity contribution is 5.68. The summed E-state index contributed by atoms with van der Waals surface area (Å²) in [6.07, 6.45) is 4.15. The zero-order chi connectivity index (χ0) is 8.32. The maximum atomic E-state index is 10.2. The molecule has 0 aromatic heterocycles. The lowest BCUT2D eigenvalue weighted by Gasteiger charge is -2.40. The van der Waals surface area contributed by atoms with Crippen LogP contribution in [0.3, 0.4) is 0 Å². The van der Waals surface area contributed by atoms with Gasteiger partial charge >= 0.3 is 5.97 Å². The summed E-state index contributed by atoms with van der Waals surface area (Å²) in [6, 6.07) is 0. The number of rotatable bonds is 4. The Morgan fingerprint density at radius 3 is 2.55 bits per heavy atom. The Bertz CT molecular complexity index is 144. The molecule has 1 saturated carbocycles. The quantitative estimate of drug-likeness (QED) is 0.673. The first kappa shape index (κ1) is 8.53. The highest BCUT2D eigenvalue weighted by Gasteiger charge is 2.36. The van der Waals surface area contributed by atoms with Crippen LogP contribution >= 0.6 is 0 Å².